The largest absolute Gasteiger partial charge is 0.306 e. The topological polar surface area (TPSA) is 9.72 Å². The van der Waals surface area contributed by atoms with Gasteiger partial charge in [-0.05, 0) is 58.3 Å². The van der Waals surface area contributed by atoms with E-state index in [1.165, 1.54) is 77.9 Å². The molecule has 0 amide bonds. The van der Waals surface area contributed by atoms with Gasteiger partial charge in [-0.25, -0.2) is 0 Å². The van der Waals surface area contributed by atoms with Crippen LogP contribution in [0.3, 0.4) is 0 Å². The van der Waals surface area contributed by atoms with Crippen LogP contribution in [0.4, 0.5) is 0 Å². The number of hydrogen-bond acceptors (Lipinski definition) is 3. The Hall–Kier alpha value is -0.120. The maximum absolute atomic E-state index is 2.73. The predicted molar refractivity (Wildman–Crippen MR) is 115 cm³/mol. The van der Waals surface area contributed by atoms with Gasteiger partial charge in [0, 0.05) is 31.7 Å². The normalized spacial score (nSPS) is 23.0. The molecule has 0 aromatic rings. The summed E-state index contributed by atoms with van der Waals surface area (Å²) in [6.07, 6.45) is 6.85. The van der Waals surface area contributed by atoms with Gasteiger partial charge in [-0.3, -0.25) is 9.80 Å². The summed E-state index contributed by atoms with van der Waals surface area (Å²) in [7, 11) is 2.26. The zero-order valence-corrected chi connectivity index (χ0v) is 18.9. The van der Waals surface area contributed by atoms with Gasteiger partial charge in [0.25, 0.3) is 0 Å². The highest BCUT2D eigenvalue weighted by molar-refractivity contribution is 5.10. The van der Waals surface area contributed by atoms with Crippen LogP contribution in [-0.2, 0) is 0 Å². The molecule has 3 nitrogen and oxygen atoms in total. The van der Waals surface area contributed by atoms with Crippen molar-refractivity contribution in [3.63, 3.8) is 0 Å². The highest BCUT2D eigenvalue weighted by Gasteiger charge is 2.52. The van der Waals surface area contributed by atoms with Crippen LogP contribution in [0.2, 0.25) is 0 Å². The van der Waals surface area contributed by atoms with Crippen molar-refractivity contribution < 1.29 is 0 Å². The van der Waals surface area contributed by atoms with Crippen molar-refractivity contribution in [3.8, 4) is 0 Å². The van der Waals surface area contributed by atoms with E-state index in [0.29, 0.717) is 5.54 Å². The van der Waals surface area contributed by atoms with Gasteiger partial charge in [0.15, 0.2) is 0 Å². The lowest BCUT2D eigenvalue weighted by Crippen LogP contribution is -2.77. The predicted octanol–water partition coefficient (Wildman–Crippen LogP) is 4.97. The maximum Gasteiger partial charge on any atom is 0.0475 e. The Labute approximate surface area is 160 Å². The van der Waals surface area contributed by atoms with Crippen molar-refractivity contribution >= 4 is 0 Å². The minimum Gasteiger partial charge on any atom is -0.306 e. The molecular formula is C22H49N3. The summed E-state index contributed by atoms with van der Waals surface area (Å²) < 4.78 is 0. The minimum absolute atomic E-state index is 0.626. The van der Waals surface area contributed by atoms with Crippen molar-refractivity contribution in [1.29, 1.82) is 0 Å². The standard InChI is InChI=1S/C15H29N3.C3H8.2C2H6/c1-3-7-18-10-6-15(18)12-17(13-15)11-14-4-8-16(2)9-5-14;1-3-2;2*1-2/h14H,3-13H2,1-2H3;3H2,1-2H3;2*1-2H3. The molecular weight excluding hydrogens is 306 g/mol. The fraction of sp³-hybridized carbons (Fsp3) is 1.00. The summed E-state index contributed by atoms with van der Waals surface area (Å²) in [5, 5.41) is 0. The quantitative estimate of drug-likeness (QED) is 0.705. The summed E-state index contributed by atoms with van der Waals surface area (Å²) in [5.41, 5.74) is 0.626. The molecule has 25 heavy (non-hydrogen) atoms. The fourth-order valence-electron chi connectivity index (χ4n) is 4.09. The van der Waals surface area contributed by atoms with Crippen LogP contribution >= 0.6 is 0 Å². The molecule has 3 aliphatic heterocycles. The Bertz CT molecular complexity index is 289. The molecule has 0 aliphatic carbocycles. The zero-order valence-electron chi connectivity index (χ0n) is 18.9. The lowest BCUT2D eigenvalue weighted by Gasteiger charge is -2.63. The lowest BCUT2D eigenvalue weighted by atomic mass is 9.76. The third kappa shape index (κ3) is 7.56. The van der Waals surface area contributed by atoms with E-state index < -0.39 is 0 Å². The van der Waals surface area contributed by atoms with Crippen LogP contribution in [-0.4, -0.2) is 73.1 Å². The van der Waals surface area contributed by atoms with Crippen LogP contribution in [0.25, 0.3) is 0 Å². The van der Waals surface area contributed by atoms with Gasteiger partial charge >= 0.3 is 0 Å². The van der Waals surface area contributed by atoms with Crippen LogP contribution in [0, 0.1) is 5.92 Å². The summed E-state index contributed by atoms with van der Waals surface area (Å²) in [5.74, 6) is 0.971. The van der Waals surface area contributed by atoms with Crippen molar-refractivity contribution in [2.45, 2.75) is 86.1 Å². The molecule has 1 spiro atoms. The first-order valence-corrected chi connectivity index (χ1v) is 11.3. The molecule has 0 saturated carbocycles. The SMILES string of the molecule is CC.CC.CCC.CCCN1CCC12CN(CC1CCN(C)CC1)C2. The third-order valence-electron chi connectivity index (χ3n) is 5.40. The van der Waals surface area contributed by atoms with E-state index in [0.717, 1.165) is 5.92 Å². The molecule has 0 radical (unpaired) electrons. The van der Waals surface area contributed by atoms with Crippen molar-refractivity contribution in [3.05, 3.63) is 0 Å². The van der Waals surface area contributed by atoms with Crippen LogP contribution in [0.1, 0.15) is 80.6 Å². The van der Waals surface area contributed by atoms with Gasteiger partial charge in [0.05, 0.1) is 0 Å². The van der Waals surface area contributed by atoms with Gasteiger partial charge in [-0.1, -0.05) is 54.9 Å². The van der Waals surface area contributed by atoms with Gasteiger partial charge in [-0.15, -0.1) is 0 Å². The molecule has 0 atom stereocenters. The Morgan fingerprint density at radius 1 is 0.880 bits per heavy atom. The molecule has 0 N–H and O–H groups in total. The first-order valence-electron chi connectivity index (χ1n) is 11.3. The molecule has 3 saturated heterocycles. The number of piperidine rings is 1. The number of rotatable bonds is 4. The molecule has 3 fully saturated rings. The molecule has 3 rings (SSSR count). The molecule has 3 heterocycles. The van der Waals surface area contributed by atoms with Crippen molar-refractivity contribution in [1.82, 2.24) is 14.7 Å². The maximum atomic E-state index is 2.73. The van der Waals surface area contributed by atoms with E-state index >= 15 is 0 Å². The second-order valence-corrected chi connectivity index (χ2v) is 7.58. The first-order chi connectivity index (χ1) is 12.1. The molecule has 3 aliphatic rings. The second-order valence-electron chi connectivity index (χ2n) is 7.58. The Balaban J connectivity index is 0.000000728. The summed E-state index contributed by atoms with van der Waals surface area (Å²) in [6.45, 7) is 23.9. The van der Waals surface area contributed by atoms with E-state index in [1.54, 1.807) is 0 Å². The van der Waals surface area contributed by atoms with Crippen LogP contribution in [0.15, 0.2) is 0 Å². The highest BCUT2D eigenvalue weighted by atomic mass is 15.4. The Morgan fingerprint density at radius 3 is 1.80 bits per heavy atom. The van der Waals surface area contributed by atoms with Gasteiger partial charge in [0.2, 0.25) is 0 Å². The summed E-state index contributed by atoms with van der Waals surface area (Å²) in [6, 6.07) is 0. The van der Waals surface area contributed by atoms with Crippen molar-refractivity contribution in [2.24, 2.45) is 5.92 Å². The van der Waals surface area contributed by atoms with E-state index in [9.17, 15) is 0 Å². The third-order valence-corrected chi connectivity index (χ3v) is 5.40. The highest BCUT2D eigenvalue weighted by Crippen LogP contribution is 2.39. The molecule has 0 aromatic heterocycles. The summed E-state index contributed by atoms with van der Waals surface area (Å²) >= 11 is 0. The minimum atomic E-state index is 0.626. The van der Waals surface area contributed by atoms with E-state index in [4.69, 9.17) is 0 Å². The van der Waals surface area contributed by atoms with E-state index in [1.807, 2.05) is 27.7 Å². The molecule has 0 bridgehead atoms. The van der Waals surface area contributed by atoms with Gasteiger partial charge < -0.3 is 4.90 Å². The Kier molecular flexibility index (Phi) is 13.9. The smallest absolute Gasteiger partial charge is 0.0475 e. The average molecular weight is 356 g/mol. The van der Waals surface area contributed by atoms with Crippen LogP contribution in [0.5, 0.6) is 0 Å². The number of nitrogens with zero attached hydrogens (tertiary/aromatic N) is 3. The zero-order chi connectivity index (χ0) is 19.3. The second kappa shape index (κ2) is 14.0. The Morgan fingerprint density at radius 2 is 1.40 bits per heavy atom. The monoisotopic (exact) mass is 355 g/mol. The number of likely N-dealkylation sites (tertiary alicyclic amines) is 3. The molecule has 3 heteroatoms. The molecule has 0 aromatic carbocycles. The molecule has 0 unspecified atom stereocenters. The van der Waals surface area contributed by atoms with Gasteiger partial charge in [-0.2, -0.15) is 0 Å². The number of hydrogen-bond donors (Lipinski definition) is 0. The first kappa shape index (κ1) is 24.9. The lowest BCUT2D eigenvalue weighted by molar-refractivity contribution is -0.127. The molecule has 152 valence electrons. The van der Waals surface area contributed by atoms with E-state index in [2.05, 4.69) is 42.5 Å². The van der Waals surface area contributed by atoms with Crippen molar-refractivity contribution in [2.75, 3.05) is 52.9 Å². The fourth-order valence-corrected chi connectivity index (χ4v) is 4.09. The van der Waals surface area contributed by atoms with E-state index in [-0.39, 0.29) is 0 Å². The average Bonchev–Trinajstić information content (AvgIpc) is 2.60. The van der Waals surface area contributed by atoms with Gasteiger partial charge in [0.1, 0.15) is 0 Å². The van der Waals surface area contributed by atoms with Crippen LogP contribution < -0.4 is 0 Å². The summed E-state index contributed by atoms with van der Waals surface area (Å²) in [4.78, 5) is 7.93.